The van der Waals surface area contributed by atoms with Crippen LogP contribution >= 0.6 is 0 Å². The molecule has 6 aromatic rings. The van der Waals surface area contributed by atoms with E-state index < -0.39 is 41.4 Å². The number of hydrogen-bond acceptors (Lipinski definition) is 14. The number of carboxylic acid groups (broad SMARTS) is 1. The summed E-state index contributed by atoms with van der Waals surface area (Å²) in [5, 5.41) is 50.5. The van der Waals surface area contributed by atoms with Crippen LogP contribution in [0.3, 0.4) is 0 Å². The first kappa shape index (κ1) is 35.7. The summed E-state index contributed by atoms with van der Waals surface area (Å²) in [5.74, 6) is -0.713. The molecule has 4 aromatic carbocycles. The van der Waals surface area contributed by atoms with Gasteiger partial charge in [-0.3, -0.25) is 14.2 Å². The molecule has 2 aliphatic heterocycles. The molecule has 0 spiro atoms. The van der Waals surface area contributed by atoms with Crippen LogP contribution in [0.15, 0.2) is 101 Å². The highest BCUT2D eigenvalue weighted by Crippen LogP contribution is 2.35. The third-order valence-corrected chi connectivity index (χ3v) is 10.2. The third kappa shape index (κ3) is 6.93. The smallest absolute Gasteiger partial charge is 0.335 e. The maximum absolute atomic E-state index is 12.7. The van der Waals surface area contributed by atoms with Gasteiger partial charge in [-0.2, -0.15) is 9.97 Å². The highest BCUT2D eigenvalue weighted by Gasteiger charge is 2.48. The number of phenolic OH excluding ortho intramolecular Hbond substituents is 1. The second-order valence-electron chi connectivity index (χ2n) is 13.7. The van der Waals surface area contributed by atoms with Gasteiger partial charge in [0, 0.05) is 38.1 Å². The van der Waals surface area contributed by atoms with E-state index >= 15 is 0 Å². The number of nitrogens with zero attached hydrogens (tertiary/aromatic N) is 5. The predicted octanol–water partition coefficient (Wildman–Crippen LogP) is 2.38. The van der Waals surface area contributed by atoms with Crippen molar-refractivity contribution < 1.29 is 30.0 Å². The number of aliphatic hydroxyl groups is 2. The van der Waals surface area contributed by atoms with Crippen molar-refractivity contribution in [1.82, 2.24) is 19.5 Å². The van der Waals surface area contributed by atoms with Gasteiger partial charge in [0.1, 0.15) is 29.3 Å². The molecular weight excluding hydrogens is 708 g/mol. The van der Waals surface area contributed by atoms with Crippen molar-refractivity contribution in [3.8, 4) is 5.75 Å². The van der Waals surface area contributed by atoms with E-state index in [1.54, 1.807) is 24.3 Å². The number of hydrogen-bond donors (Lipinski definition) is 7. The Morgan fingerprint density at radius 2 is 1.60 bits per heavy atom. The Bertz CT molecular complexity index is 2360. The van der Waals surface area contributed by atoms with Gasteiger partial charge in [-0.25, -0.2) is 9.78 Å². The highest BCUT2D eigenvalue weighted by molar-refractivity contribution is 5.85. The fourth-order valence-electron chi connectivity index (χ4n) is 7.27. The largest absolute Gasteiger partial charge is 0.508 e. The summed E-state index contributed by atoms with van der Waals surface area (Å²) in [6.45, 7) is 1.50. The number of rotatable bonds is 13. The minimum Gasteiger partial charge on any atom is -0.508 e. The van der Waals surface area contributed by atoms with Crippen LogP contribution < -0.4 is 31.7 Å². The fraction of sp³-hybridized carbons (Fsp3) is 0.282. The lowest BCUT2D eigenvalue weighted by molar-refractivity contribution is -0.155. The molecular formula is C39H38N8O8. The van der Waals surface area contributed by atoms with Gasteiger partial charge < -0.3 is 46.0 Å². The molecule has 0 radical (unpaired) electrons. The Labute approximate surface area is 313 Å². The Hall–Kier alpha value is -6.36. The average molecular weight is 747 g/mol. The van der Waals surface area contributed by atoms with Crippen LogP contribution in [0.1, 0.15) is 35.3 Å². The number of aromatic hydroxyl groups is 1. The van der Waals surface area contributed by atoms with Gasteiger partial charge in [-0.15, -0.1) is 0 Å². The molecule has 2 aromatic heterocycles. The van der Waals surface area contributed by atoms with Crippen LogP contribution in [0, 0.1) is 0 Å². The summed E-state index contributed by atoms with van der Waals surface area (Å²) >= 11 is 0. The van der Waals surface area contributed by atoms with Crippen LogP contribution in [0.5, 0.6) is 5.75 Å². The van der Waals surface area contributed by atoms with E-state index in [1.165, 1.54) is 10.9 Å². The molecule has 282 valence electrons. The summed E-state index contributed by atoms with van der Waals surface area (Å²) < 4.78 is 7.01. The molecule has 7 N–H and O–H groups in total. The zero-order chi connectivity index (χ0) is 38.2. The number of benzene rings is 3. The molecule has 2 fully saturated rings. The standard InChI is InChI=1S/C39H38N8O8/c48-25-13-7-8-21(16-25)17-40-27-28(31(50)30(27)49)43-24-14-15-46(19-24)39-44-35(41-18-26(22-9-3-1-4-10-22)23-11-5-2-6-12-23)29-36(45-39)47(20-42-29)37-33(52)32(51)34(55-37)38(53)54/h1-13,16,20,24,26,32-34,37,40,43,48,51-52H,14-15,17-19H2,(H,53,54)(H,41,44,45)/t24-,32+,33-,34+,37-/m1/s1. The van der Waals surface area contributed by atoms with E-state index in [2.05, 4.69) is 45.2 Å². The van der Waals surface area contributed by atoms with Crippen molar-refractivity contribution in [2.24, 2.45) is 0 Å². The van der Waals surface area contributed by atoms with Gasteiger partial charge in [0.25, 0.3) is 10.9 Å². The maximum Gasteiger partial charge on any atom is 0.335 e. The van der Waals surface area contributed by atoms with Crippen molar-refractivity contribution in [3.05, 3.63) is 128 Å². The highest BCUT2D eigenvalue weighted by atomic mass is 16.6. The van der Waals surface area contributed by atoms with Crippen LogP contribution in [0.25, 0.3) is 11.2 Å². The quantitative estimate of drug-likeness (QED) is 0.0843. The average Bonchev–Trinajstić information content (AvgIpc) is 3.92. The fourth-order valence-corrected chi connectivity index (χ4v) is 7.27. The molecule has 16 heteroatoms. The summed E-state index contributed by atoms with van der Waals surface area (Å²) in [6.07, 6.45) is -4.28. The Morgan fingerprint density at radius 1 is 0.891 bits per heavy atom. The van der Waals surface area contributed by atoms with Crippen LogP contribution in [0.2, 0.25) is 0 Å². The summed E-state index contributed by atoms with van der Waals surface area (Å²) in [6, 6.07) is 26.4. The summed E-state index contributed by atoms with van der Waals surface area (Å²) in [5.41, 5.74) is 2.62. The molecule has 0 amide bonds. The number of phenols is 1. The lowest BCUT2D eigenvalue weighted by atomic mass is 9.91. The molecule has 2 saturated heterocycles. The van der Waals surface area contributed by atoms with E-state index in [4.69, 9.17) is 14.7 Å². The number of aliphatic hydroxyl groups excluding tert-OH is 2. The van der Waals surface area contributed by atoms with Gasteiger partial charge in [-0.1, -0.05) is 72.8 Å². The monoisotopic (exact) mass is 746 g/mol. The topological polar surface area (TPSA) is 224 Å². The number of nitrogens with one attached hydrogen (secondary N) is 3. The number of fused-ring (bicyclic) bond motifs is 1. The number of aliphatic carboxylic acids is 1. The number of imidazole rings is 1. The first-order valence-electron chi connectivity index (χ1n) is 17.9. The molecule has 16 nitrogen and oxygen atoms in total. The number of carbonyl (C=O) groups is 1. The van der Waals surface area contributed by atoms with Gasteiger partial charge in [0.2, 0.25) is 5.95 Å². The summed E-state index contributed by atoms with van der Waals surface area (Å²) in [4.78, 5) is 53.1. The van der Waals surface area contributed by atoms with Crippen molar-refractivity contribution in [2.75, 3.05) is 40.5 Å². The number of carboxylic acids is 1. The van der Waals surface area contributed by atoms with Crippen molar-refractivity contribution in [2.45, 2.75) is 49.5 Å². The van der Waals surface area contributed by atoms with Crippen LogP contribution in [-0.2, 0) is 16.1 Å². The zero-order valence-electron chi connectivity index (χ0n) is 29.3. The van der Waals surface area contributed by atoms with Crippen LogP contribution in [0.4, 0.5) is 23.1 Å². The first-order valence-corrected chi connectivity index (χ1v) is 17.9. The minimum atomic E-state index is -1.68. The van der Waals surface area contributed by atoms with Crippen LogP contribution in [-0.4, -0.2) is 89.9 Å². The number of ether oxygens (including phenoxy) is 1. The van der Waals surface area contributed by atoms with Gasteiger partial charge in [0.15, 0.2) is 29.3 Å². The molecule has 55 heavy (non-hydrogen) atoms. The lowest BCUT2D eigenvalue weighted by Crippen LogP contribution is -2.40. The molecule has 0 saturated carbocycles. The Morgan fingerprint density at radius 3 is 2.27 bits per heavy atom. The second kappa shape index (κ2) is 14.8. The molecule has 2 aliphatic rings. The molecule has 0 unspecified atom stereocenters. The molecule has 0 aliphatic carbocycles. The minimum absolute atomic E-state index is 0.0730. The first-order chi connectivity index (χ1) is 26.7. The Balaban J connectivity index is 1.08. The Kier molecular flexibility index (Phi) is 9.60. The van der Waals surface area contributed by atoms with E-state index in [1.807, 2.05) is 41.3 Å². The predicted molar refractivity (Wildman–Crippen MR) is 203 cm³/mol. The zero-order valence-corrected chi connectivity index (χ0v) is 29.3. The lowest BCUT2D eigenvalue weighted by Gasteiger charge is -2.22. The van der Waals surface area contributed by atoms with E-state index in [0.717, 1.165) is 16.7 Å². The summed E-state index contributed by atoms with van der Waals surface area (Å²) in [7, 11) is 0. The molecule has 8 rings (SSSR count). The molecule has 4 heterocycles. The SMILES string of the molecule is O=C(O)[C@H]1O[C@@H](n2cnc3c(NCC(c4ccccc4)c4ccccc4)nc(N4CC[C@@H](Nc5c(NCc6cccc(O)c6)c(=O)c5=O)C4)nc32)[C@H](O)[C@@H]1O. The van der Waals surface area contributed by atoms with Gasteiger partial charge in [-0.05, 0) is 35.2 Å². The molecule has 0 bridgehead atoms. The van der Waals surface area contributed by atoms with E-state index in [-0.39, 0.29) is 41.3 Å². The van der Waals surface area contributed by atoms with Crippen molar-refractivity contribution >= 4 is 40.3 Å². The third-order valence-electron chi connectivity index (χ3n) is 10.2. The van der Waals surface area contributed by atoms with E-state index in [9.17, 15) is 34.8 Å². The van der Waals surface area contributed by atoms with Crippen molar-refractivity contribution in [1.29, 1.82) is 0 Å². The van der Waals surface area contributed by atoms with Gasteiger partial charge in [0.05, 0.1) is 6.33 Å². The van der Waals surface area contributed by atoms with Crippen molar-refractivity contribution in [3.63, 3.8) is 0 Å². The second-order valence-corrected chi connectivity index (χ2v) is 13.7. The normalized spacial score (nSPS) is 21.1. The number of aromatic nitrogens is 4. The molecule has 5 atom stereocenters. The number of anilines is 4. The van der Waals surface area contributed by atoms with Gasteiger partial charge >= 0.3 is 5.97 Å². The van der Waals surface area contributed by atoms with E-state index in [0.29, 0.717) is 43.3 Å². The maximum atomic E-state index is 12.7.